The molecule has 0 saturated carbocycles. The largest absolute Gasteiger partial charge is 0.483 e. The third kappa shape index (κ3) is 3.45. The van der Waals surface area contributed by atoms with Crippen molar-refractivity contribution >= 4 is 5.78 Å². The number of halogens is 4. The van der Waals surface area contributed by atoms with Crippen LogP contribution in [-0.4, -0.2) is 11.9 Å². The average Bonchev–Trinajstić information content (AvgIpc) is 2.29. The van der Waals surface area contributed by atoms with E-state index in [0.717, 1.165) is 6.07 Å². The Morgan fingerprint density at radius 2 is 2.00 bits per heavy atom. The van der Waals surface area contributed by atoms with Crippen molar-refractivity contribution < 1.29 is 27.1 Å². The minimum absolute atomic E-state index is 0.182. The van der Waals surface area contributed by atoms with Crippen molar-refractivity contribution in [1.29, 1.82) is 0 Å². The lowest BCUT2D eigenvalue weighted by Gasteiger charge is -2.15. The van der Waals surface area contributed by atoms with Crippen molar-refractivity contribution in [2.75, 3.05) is 0 Å². The predicted molar refractivity (Wildman–Crippen MR) is 56.8 cm³/mol. The van der Waals surface area contributed by atoms with Gasteiger partial charge in [-0.05, 0) is 25.1 Å². The highest BCUT2D eigenvalue weighted by molar-refractivity contribution is 5.82. The molecule has 100 valence electrons. The van der Waals surface area contributed by atoms with Gasteiger partial charge < -0.3 is 4.74 Å². The van der Waals surface area contributed by atoms with Crippen molar-refractivity contribution in [1.82, 2.24) is 0 Å². The summed E-state index contributed by atoms with van der Waals surface area (Å²) in [6.07, 6.45) is -5.43. The van der Waals surface area contributed by atoms with Crippen molar-refractivity contribution in [3.05, 3.63) is 29.6 Å². The van der Waals surface area contributed by atoms with Gasteiger partial charge in [0.2, 0.25) is 0 Å². The van der Waals surface area contributed by atoms with Gasteiger partial charge in [-0.25, -0.2) is 4.39 Å². The molecule has 1 aromatic rings. The van der Waals surface area contributed by atoms with Gasteiger partial charge >= 0.3 is 6.18 Å². The number of hydrogen-bond donors (Lipinski definition) is 0. The van der Waals surface area contributed by atoms with E-state index in [-0.39, 0.29) is 18.0 Å². The Morgan fingerprint density at radius 3 is 2.50 bits per heavy atom. The molecule has 0 fully saturated rings. The van der Waals surface area contributed by atoms with Gasteiger partial charge in [-0.15, -0.1) is 0 Å². The quantitative estimate of drug-likeness (QED) is 0.777. The van der Waals surface area contributed by atoms with Crippen LogP contribution in [0, 0.1) is 5.82 Å². The summed E-state index contributed by atoms with van der Waals surface area (Å²) in [7, 11) is 0. The molecule has 0 aromatic heterocycles. The second-order valence-electron chi connectivity index (χ2n) is 3.72. The van der Waals surface area contributed by atoms with Gasteiger partial charge in [0, 0.05) is 6.42 Å². The van der Waals surface area contributed by atoms with E-state index in [1.165, 1.54) is 6.92 Å². The molecule has 0 aliphatic heterocycles. The summed E-state index contributed by atoms with van der Waals surface area (Å²) in [6.45, 7) is 3.05. The Morgan fingerprint density at radius 1 is 1.39 bits per heavy atom. The standard InChI is InChI=1S/C12H12F4O2/c1-3-11(17)7(2)18-8-4-5-10(13)9(6-8)12(14,15)16/h4-7H,3H2,1-2H3. The van der Waals surface area contributed by atoms with E-state index >= 15 is 0 Å². The lowest BCUT2D eigenvalue weighted by atomic mass is 10.2. The van der Waals surface area contributed by atoms with Gasteiger partial charge in [-0.1, -0.05) is 6.92 Å². The maximum absolute atomic E-state index is 13.0. The summed E-state index contributed by atoms with van der Waals surface area (Å²) in [5.74, 6) is -1.80. The lowest BCUT2D eigenvalue weighted by Crippen LogP contribution is -2.23. The molecule has 0 amide bonds. The summed E-state index contributed by atoms with van der Waals surface area (Å²) in [5, 5.41) is 0. The second-order valence-corrected chi connectivity index (χ2v) is 3.72. The Hall–Kier alpha value is -1.59. The third-order valence-electron chi connectivity index (χ3n) is 2.36. The molecule has 1 aromatic carbocycles. The first kappa shape index (κ1) is 14.5. The van der Waals surface area contributed by atoms with E-state index in [0.29, 0.717) is 12.1 Å². The van der Waals surface area contributed by atoms with E-state index in [1.54, 1.807) is 6.92 Å². The molecule has 0 bridgehead atoms. The number of carbonyl (C=O) groups is 1. The number of ketones is 1. The number of benzene rings is 1. The zero-order valence-corrected chi connectivity index (χ0v) is 9.84. The number of ether oxygens (including phenoxy) is 1. The minimum atomic E-state index is -4.79. The smallest absolute Gasteiger partial charge is 0.419 e. The lowest BCUT2D eigenvalue weighted by molar-refractivity contribution is -0.140. The maximum atomic E-state index is 13.0. The normalized spacial score (nSPS) is 13.2. The van der Waals surface area contributed by atoms with E-state index in [1.807, 2.05) is 0 Å². The van der Waals surface area contributed by atoms with Crippen LogP contribution in [0.5, 0.6) is 5.75 Å². The van der Waals surface area contributed by atoms with E-state index < -0.39 is 23.7 Å². The Balaban J connectivity index is 2.96. The average molecular weight is 264 g/mol. The first-order valence-corrected chi connectivity index (χ1v) is 5.31. The summed E-state index contributed by atoms with van der Waals surface area (Å²) in [6, 6.07) is 2.28. The fraction of sp³-hybridized carbons (Fsp3) is 0.417. The Kier molecular flexibility index (Phi) is 4.32. The molecule has 0 aliphatic carbocycles. The summed E-state index contributed by atoms with van der Waals surface area (Å²) >= 11 is 0. The summed E-state index contributed by atoms with van der Waals surface area (Å²) in [4.78, 5) is 11.2. The highest BCUT2D eigenvalue weighted by Crippen LogP contribution is 2.33. The fourth-order valence-electron chi connectivity index (χ4n) is 1.35. The SMILES string of the molecule is CCC(=O)C(C)Oc1ccc(F)c(C(F)(F)F)c1. The molecule has 0 heterocycles. The molecular weight excluding hydrogens is 252 g/mol. The first-order valence-electron chi connectivity index (χ1n) is 5.31. The predicted octanol–water partition coefficient (Wildman–Crippen LogP) is 3.59. The topological polar surface area (TPSA) is 26.3 Å². The number of hydrogen-bond acceptors (Lipinski definition) is 2. The molecule has 1 rings (SSSR count). The van der Waals surface area contributed by atoms with Crippen LogP contribution in [0.15, 0.2) is 18.2 Å². The summed E-state index contributed by atoms with van der Waals surface area (Å²) < 4.78 is 55.3. The van der Waals surface area contributed by atoms with Crippen molar-refractivity contribution in [2.45, 2.75) is 32.5 Å². The van der Waals surface area contributed by atoms with Crippen LogP contribution >= 0.6 is 0 Å². The zero-order chi connectivity index (χ0) is 13.9. The fourth-order valence-corrected chi connectivity index (χ4v) is 1.35. The number of rotatable bonds is 4. The molecular formula is C12H12F4O2. The van der Waals surface area contributed by atoms with Gasteiger partial charge in [0.15, 0.2) is 11.9 Å². The van der Waals surface area contributed by atoms with Crippen LogP contribution in [0.3, 0.4) is 0 Å². The third-order valence-corrected chi connectivity index (χ3v) is 2.36. The monoisotopic (exact) mass is 264 g/mol. The number of Topliss-reactive ketones (excluding diaryl/α,β-unsaturated/α-hetero) is 1. The minimum Gasteiger partial charge on any atom is -0.483 e. The van der Waals surface area contributed by atoms with Gasteiger partial charge in [0.1, 0.15) is 11.6 Å². The highest BCUT2D eigenvalue weighted by Gasteiger charge is 2.34. The molecule has 6 heteroatoms. The van der Waals surface area contributed by atoms with Crippen molar-refractivity contribution in [2.24, 2.45) is 0 Å². The molecule has 1 atom stereocenters. The molecule has 18 heavy (non-hydrogen) atoms. The van der Waals surface area contributed by atoms with Crippen molar-refractivity contribution in [3.63, 3.8) is 0 Å². The molecule has 1 unspecified atom stereocenters. The van der Waals surface area contributed by atoms with Gasteiger partial charge in [0.25, 0.3) is 0 Å². The molecule has 0 radical (unpaired) electrons. The van der Waals surface area contributed by atoms with Gasteiger partial charge in [0.05, 0.1) is 5.56 Å². The van der Waals surface area contributed by atoms with Crippen molar-refractivity contribution in [3.8, 4) is 5.75 Å². The van der Waals surface area contributed by atoms with E-state index in [9.17, 15) is 22.4 Å². The molecule has 0 saturated heterocycles. The first-order chi connectivity index (χ1) is 8.25. The van der Waals surface area contributed by atoms with Gasteiger partial charge in [-0.2, -0.15) is 13.2 Å². The van der Waals surface area contributed by atoms with Crippen LogP contribution in [0.1, 0.15) is 25.8 Å². The van der Waals surface area contributed by atoms with E-state index in [4.69, 9.17) is 4.74 Å². The summed E-state index contributed by atoms with van der Waals surface area (Å²) in [5.41, 5.74) is -1.41. The van der Waals surface area contributed by atoms with Crippen LogP contribution in [0.4, 0.5) is 17.6 Å². The van der Waals surface area contributed by atoms with Crippen LogP contribution in [-0.2, 0) is 11.0 Å². The Labute approximate surface area is 102 Å². The second kappa shape index (κ2) is 5.37. The molecule has 0 spiro atoms. The highest BCUT2D eigenvalue weighted by atomic mass is 19.4. The molecule has 0 N–H and O–H groups in total. The van der Waals surface area contributed by atoms with Crippen LogP contribution in [0.2, 0.25) is 0 Å². The zero-order valence-electron chi connectivity index (χ0n) is 9.84. The van der Waals surface area contributed by atoms with E-state index in [2.05, 4.69) is 0 Å². The van der Waals surface area contributed by atoms with Gasteiger partial charge in [-0.3, -0.25) is 4.79 Å². The molecule has 0 aliphatic rings. The molecule has 2 nitrogen and oxygen atoms in total. The number of alkyl halides is 3. The number of carbonyl (C=O) groups excluding carboxylic acids is 1. The maximum Gasteiger partial charge on any atom is 0.419 e. The van der Waals surface area contributed by atoms with Crippen LogP contribution in [0.25, 0.3) is 0 Å². The Bertz CT molecular complexity index is 440. The van der Waals surface area contributed by atoms with Crippen LogP contribution < -0.4 is 4.74 Å².